The van der Waals surface area contributed by atoms with E-state index in [0.29, 0.717) is 32.4 Å². The fourth-order valence-electron chi connectivity index (χ4n) is 4.92. The number of nitrogens with one attached hydrogen (secondary N) is 5. The van der Waals surface area contributed by atoms with Crippen LogP contribution in [0.4, 0.5) is 9.59 Å². The first-order valence-electron chi connectivity index (χ1n) is 16.0. The molecule has 0 aliphatic carbocycles. The topological polar surface area (TPSA) is 190 Å². The fourth-order valence-corrected chi connectivity index (χ4v) is 4.92. The first kappa shape index (κ1) is 38.6. The summed E-state index contributed by atoms with van der Waals surface area (Å²) in [7, 11) is 1.26. The first-order valence-corrected chi connectivity index (χ1v) is 16.0. The van der Waals surface area contributed by atoms with E-state index in [1.807, 2.05) is 32.0 Å². The minimum absolute atomic E-state index is 0.00215. The smallest absolute Gasteiger partial charge is 0.408 e. The highest BCUT2D eigenvalue weighted by atomic mass is 16.5. The van der Waals surface area contributed by atoms with Crippen LogP contribution >= 0.6 is 0 Å². The molecule has 1 aliphatic heterocycles. The molecule has 0 unspecified atom stereocenters. The summed E-state index contributed by atoms with van der Waals surface area (Å²) in [6.45, 7) is 6.50. The van der Waals surface area contributed by atoms with Crippen LogP contribution in [-0.2, 0) is 40.0 Å². The second-order valence-electron chi connectivity index (χ2n) is 11.6. The molecule has 2 rings (SSSR count). The van der Waals surface area contributed by atoms with Crippen LogP contribution < -0.4 is 26.6 Å². The van der Waals surface area contributed by atoms with E-state index in [2.05, 4.69) is 31.3 Å². The van der Waals surface area contributed by atoms with Crippen LogP contribution in [0.1, 0.15) is 64.9 Å². The van der Waals surface area contributed by atoms with Crippen molar-refractivity contribution in [2.24, 2.45) is 11.8 Å². The van der Waals surface area contributed by atoms with Crippen LogP contribution in [0.5, 0.6) is 0 Å². The quantitative estimate of drug-likeness (QED) is 0.0643. The predicted molar refractivity (Wildman–Crippen MR) is 173 cm³/mol. The molecule has 1 heterocycles. The van der Waals surface area contributed by atoms with Crippen molar-refractivity contribution in [2.75, 3.05) is 26.8 Å². The molecule has 1 aliphatic rings. The molecule has 14 nitrogen and oxygen atoms in total. The van der Waals surface area contributed by atoms with Gasteiger partial charge in [-0.1, -0.05) is 50.3 Å². The van der Waals surface area contributed by atoms with Gasteiger partial charge in [0.15, 0.2) is 0 Å². The van der Waals surface area contributed by atoms with Crippen LogP contribution in [-0.4, -0.2) is 80.8 Å². The van der Waals surface area contributed by atoms with E-state index in [9.17, 15) is 28.8 Å². The number of amides is 5. The Balaban J connectivity index is 2.15. The summed E-state index contributed by atoms with van der Waals surface area (Å²) in [5.41, 5.74) is 0.771. The van der Waals surface area contributed by atoms with Gasteiger partial charge in [-0.25, -0.2) is 14.4 Å². The number of alkyl carbamates (subject to hydrolysis) is 2. The van der Waals surface area contributed by atoms with Crippen molar-refractivity contribution in [1.82, 2.24) is 26.6 Å². The number of carbonyl (C=O) groups excluding carboxylic acids is 6. The number of methoxy groups -OCH3 is 1. The number of rotatable bonds is 19. The minimum Gasteiger partial charge on any atom is -0.463 e. The molecule has 0 bridgehead atoms. The zero-order chi connectivity index (χ0) is 34.6. The van der Waals surface area contributed by atoms with Crippen molar-refractivity contribution in [3.8, 4) is 0 Å². The van der Waals surface area contributed by atoms with Crippen molar-refractivity contribution >= 4 is 35.9 Å². The van der Waals surface area contributed by atoms with Gasteiger partial charge in [-0.15, -0.1) is 0 Å². The maximum Gasteiger partial charge on any atom is 0.408 e. The summed E-state index contributed by atoms with van der Waals surface area (Å²) in [5, 5.41) is 13.6. The van der Waals surface area contributed by atoms with Crippen LogP contribution in [0.2, 0.25) is 0 Å². The van der Waals surface area contributed by atoms with Crippen LogP contribution in [0.25, 0.3) is 0 Å². The molecular formula is C33H49N5O9. The van der Waals surface area contributed by atoms with E-state index in [-0.39, 0.29) is 50.2 Å². The maximum absolute atomic E-state index is 13.6. The normalized spacial score (nSPS) is 16.0. The Kier molecular flexibility index (Phi) is 17.4. The van der Waals surface area contributed by atoms with Gasteiger partial charge < -0.3 is 40.8 Å². The Morgan fingerprint density at radius 1 is 0.957 bits per heavy atom. The molecule has 1 fully saturated rings. The highest BCUT2D eigenvalue weighted by molar-refractivity contribution is 5.91. The number of ether oxygens (including phenoxy) is 3. The van der Waals surface area contributed by atoms with Gasteiger partial charge in [0.2, 0.25) is 17.7 Å². The molecule has 1 aromatic carbocycles. The second-order valence-corrected chi connectivity index (χ2v) is 11.6. The van der Waals surface area contributed by atoms with E-state index in [0.717, 1.165) is 5.56 Å². The van der Waals surface area contributed by atoms with Crippen molar-refractivity contribution in [3.05, 3.63) is 48.0 Å². The number of hydrogen-bond acceptors (Lipinski definition) is 9. The summed E-state index contributed by atoms with van der Waals surface area (Å²) < 4.78 is 14.9. The molecule has 260 valence electrons. The number of carbonyl (C=O) groups is 6. The van der Waals surface area contributed by atoms with Gasteiger partial charge >= 0.3 is 18.2 Å². The summed E-state index contributed by atoms with van der Waals surface area (Å²) >= 11 is 0. The van der Waals surface area contributed by atoms with Gasteiger partial charge in [0.05, 0.1) is 13.7 Å². The SMILES string of the molecule is CCOC(=O)C=C[C@H](C[C@@H]1CCNC1=O)NC(=O)[C@H](CC(C)C)NC(=O)[C@H](CCCCNC(=O)OC)NC(=O)OCc1ccccc1. The fraction of sp³-hybridized carbons (Fsp3) is 0.576. The lowest BCUT2D eigenvalue weighted by Crippen LogP contribution is -2.55. The van der Waals surface area contributed by atoms with Crippen LogP contribution in [0.15, 0.2) is 42.5 Å². The highest BCUT2D eigenvalue weighted by Gasteiger charge is 2.31. The molecule has 0 aromatic heterocycles. The largest absolute Gasteiger partial charge is 0.463 e. The van der Waals surface area contributed by atoms with Gasteiger partial charge in [0, 0.05) is 31.1 Å². The Morgan fingerprint density at radius 3 is 2.32 bits per heavy atom. The zero-order valence-electron chi connectivity index (χ0n) is 27.7. The number of esters is 1. The Hall–Kier alpha value is -4.62. The predicted octanol–water partition coefficient (Wildman–Crippen LogP) is 2.47. The van der Waals surface area contributed by atoms with Crippen LogP contribution in [0, 0.1) is 11.8 Å². The average Bonchev–Trinajstić information content (AvgIpc) is 3.45. The summed E-state index contributed by atoms with van der Waals surface area (Å²) in [5.74, 6) is -2.14. The third-order valence-corrected chi connectivity index (χ3v) is 7.32. The third-order valence-electron chi connectivity index (χ3n) is 7.32. The second kappa shape index (κ2) is 21.2. The molecule has 0 spiro atoms. The molecule has 14 heteroatoms. The van der Waals surface area contributed by atoms with E-state index in [1.165, 1.54) is 19.3 Å². The molecular weight excluding hydrogens is 610 g/mol. The van der Waals surface area contributed by atoms with Crippen molar-refractivity contribution in [3.63, 3.8) is 0 Å². The van der Waals surface area contributed by atoms with E-state index < -0.39 is 48.1 Å². The Bertz CT molecular complexity index is 1210. The van der Waals surface area contributed by atoms with Gasteiger partial charge in [-0.2, -0.15) is 0 Å². The summed E-state index contributed by atoms with van der Waals surface area (Å²) in [4.78, 5) is 75.5. The molecule has 0 saturated carbocycles. The summed E-state index contributed by atoms with van der Waals surface area (Å²) in [6.07, 6.45) is 3.61. The lowest BCUT2D eigenvalue weighted by molar-refractivity contribution is -0.137. The molecule has 47 heavy (non-hydrogen) atoms. The van der Waals surface area contributed by atoms with E-state index >= 15 is 0 Å². The maximum atomic E-state index is 13.6. The Morgan fingerprint density at radius 2 is 1.68 bits per heavy atom. The lowest BCUT2D eigenvalue weighted by atomic mass is 9.96. The monoisotopic (exact) mass is 659 g/mol. The van der Waals surface area contributed by atoms with Gasteiger partial charge in [0.25, 0.3) is 0 Å². The number of unbranched alkanes of at least 4 members (excludes halogenated alkanes) is 1. The molecule has 5 amide bonds. The zero-order valence-corrected chi connectivity index (χ0v) is 27.7. The van der Waals surface area contributed by atoms with E-state index in [4.69, 9.17) is 9.47 Å². The first-order chi connectivity index (χ1) is 22.5. The standard InChI is InChI=1S/C33H49N5O9/c1-5-46-28(39)15-14-25(20-24-16-18-34-29(24)40)36-31(42)27(19-22(2)3)37-30(41)26(13-9-10-17-35-32(43)45-4)38-33(44)47-21-23-11-7-6-8-12-23/h6-8,11-12,14-15,22,24-27H,5,9-10,13,16-21H2,1-4H3,(H,34,40)(H,35,43)(H,36,42)(H,37,41)(H,38,44)/t24-,25+,26-,27-/m0/s1. The van der Waals surface area contributed by atoms with Crippen LogP contribution in [0.3, 0.4) is 0 Å². The molecule has 0 radical (unpaired) electrons. The number of benzene rings is 1. The molecule has 4 atom stereocenters. The average molecular weight is 660 g/mol. The summed E-state index contributed by atoms with van der Waals surface area (Å²) in [6, 6.07) is 6.36. The van der Waals surface area contributed by atoms with E-state index in [1.54, 1.807) is 19.1 Å². The highest BCUT2D eigenvalue weighted by Crippen LogP contribution is 2.18. The Labute approximate surface area is 276 Å². The lowest BCUT2D eigenvalue weighted by Gasteiger charge is -2.26. The van der Waals surface area contributed by atoms with Crippen molar-refractivity contribution in [2.45, 2.75) is 84.0 Å². The van der Waals surface area contributed by atoms with Crippen molar-refractivity contribution < 1.29 is 43.0 Å². The minimum atomic E-state index is -1.04. The number of hydrogen-bond donors (Lipinski definition) is 5. The van der Waals surface area contributed by atoms with Gasteiger partial charge in [0.1, 0.15) is 18.7 Å². The molecule has 5 N–H and O–H groups in total. The van der Waals surface area contributed by atoms with Gasteiger partial charge in [-0.3, -0.25) is 14.4 Å². The van der Waals surface area contributed by atoms with Crippen molar-refractivity contribution in [1.29, 1.82) is 0 Å². The third kappa shape index (κ3) is 15.5. The molecule has 1 saturated heterocycles. The van der Waals surface area contributed by atoms with Gasteiger partial charge in [-0.05, 0) is 56.9 Å². The molecule has 1 aromatic rings.